The van der Waals surface area contributed by atoms with E-state index in [1.807, 2.05) is 13.8 Å². The topological polar surface area (TPSA) is 55.8 Å². The number of rotatable bonds is 5. The van der Waals surface area contributed by atoms with Crippen LogP contribution in [0.25, 0.3) is 0 Å². The van der Waals surface area contributed by atoms with Crippen molar-refractivity contribution in [3.63, 3.8) is 0 Å². The van der Waals surface area contributed by atoms with Gasteiger partial charge in [0.25, 0.3) is 0 Å². The smallest absolute Gasteiger partial charge is 0.393 e. The maximum atomic E-state index is 12.4. The Morgan fingerprint density at radius 3 is 2.43 bits per heavy atom. The molecule has 2 N–H and O–H groups in total. The molecule has 8 heteroatoms. The lowest BCUT2D eigenvalue weighted by Gasteiger charge is -2.28. The molecule has 2 amide bonds. The molecule has 1 unspecified atom stereocenters. The predicted octanol–water partition coefficient (Wildman–Crippen LogP) is 2.06. The summed E-state index contributed by atoms with van der Waals surface area (Å²) in [7, 11) is 0. The Kier molecular flexibility index (Phi) is 7.13. The maximum absolute atomic E-state index is 12.4. The zero-order valence-corrected chi connectivity index (χ0v) is 14.1. The van der Waals surface area contributed by atoms with Gasteiger partial charge in [-0.15, -0.1) is 0 Å². The molecule has 1 saturated heterocycles. The third-order valence-electron chi connectivity index (χ3n) is 3.84. The zero-order valence-electron chi connectivity index (χ0n) is 14.1. The van der Waals surface area contributed by atoms with E-state index in [-0.39, 0.29) is 18.0 Å². The second-order valence-corrected chi connectivity index (χ2v) is 7.11. The molecule has 1 rings (SSSR count). The van der Waals surface area contributed by atoms with Gasteiger partial charge in [0, 0.05) is 32.7 Å². The summed E-state index contributed by atoms with van der Waals surface area (Å²) in [6.45, 7) is 6.41. The fraction of sp³-hybridized carbons (Fsp3) is 0.933. The van der Waals surface area contributed by atoms with Gasteiger partial charge in [-0.25, -0.2) is 4.79 Å². The lowest BCUT2D eigenvalue weighted by molar-refractivity contribution is -0.145. The summed E-state index contributed by atoms with van der Waals surface area (Å²) in [6, 6.07) is -0.252. The third kappa shape index (κ3) is 8.41. The van der Waals surface area contributed by atoms with Crippen molar-refractivity contribution >= 4 is 6.03 Å². The molecule has 5 nitrogen and oxygen atoms in total. The minimum absolute atomic E-state index is 0.226. The van der Waals surface area contributed by atoms with Gasteiger partial charge in [-0.05, 0) is 25.2 Å². The van der Waals surface area contributed by atoms with Crippen LogP contribution in [0, 0.1) is 5.41 Å². The van der Waals surface area contributed by atoms with Crippen LogP contribution in [0.3, 0.4) is 0 Å². The van der Waals surface area contributed by atoms with Crippen LogP contribution < -0.4 is 5.32 Å². The minimum atomic E-state index is -4.21. The summed E-state index contributed by atoms with van der Waals surface area (Å²) in [5, 5.41) is 12.3. The first-order valence-electron chi connectivity index (χ1n) is 7.98. The Balaban J connectivity index is 2.43. The number of aliphatic hydroxyl groups excluding tert-OH is 1. The number of carbonyl (C=O) groups excluding carboxylic acids is 1. The van der Waals surface area contributed by atoms with E-state index in [0.717, 1.165) is 0 Å². The van der Waals surface area contributed by atoms with E-state index in [9.17, 15) is 23.1 Å². The van der Waals surface area contributed by atoms with Crippen molar-refractivity contribution in [3.8, 4) is 0 Å². The molecule has 0 aromatic rings. The van der Waals surface area contributed by atoms with Crippen molar-refractivity contribution in [1.29, 1.82) is 0 Å². The highest BCUT2D eigenvalue weighted by Crippen LogP contribution is 2.21. The van der Waals surface area contributed by atoms with Crippen LogP contribution in [0.2, 0.25) is 0 Å². The first-order valence-corrected chi connectivity index (χ1v) is 7.98. The lowest BCUT2D eigenvalue weighted by atomic mass is 9.87. The van der Waals surface area contributed by atoms with E-state index < -0.39 is 18.8 Å². The molecule has 0 radical (unpaired) electrons. The van der Waals surface area contributed by atoms with E-state index in [0.29, 0.717) is 39.0 Å². The van der Waals surface area contributed by atoms with E-state index in [2.05, 4.69) is 5.32 Å². The number of nitrogens with zero attached hydrogens (tertiary/aromatic N) is 2. The van der Waals surface area contributed by atoms with E-state index in [4.69, 9.17) is 0 Å². The molecule has 23 heavy (non-hydrogen) atoms. The van der Waals surface area contributed by atoms with Crippen molar-refractivity contribution in [2.75, 3.05) is 39.3 Å². The van der Waals surface area contributed by atoms with E-state index in [1.165, 1.54) is 4.90 Å². The maximum Gasteiger partial charge on any atom is 0.401 e. The van der Waals surface area contributed by atoms with Gasteiger partial charge in [0.2, 0.25) is 0 Å². The van der Waals surface area contributed by atoms with Crippen molar-refractivity contribution in [1.82, 2.24) is 15.1 Å². The number of amides is 2. The number of hydrogen-bond acceptors (Lipinski definition) is 3. The van der Waals surface area contributed by atoms with Crippen LogP contribution in [0.5, 0.6) is 0 Å². The summed E-state index contributed by atoms with van der Waals surface area (Å²) < 4.78 is 37.3. The minimum Gasteiger partial charge on any atom is -0.393 e. The fourth-order valence-electron chi connectivity index (χ4n) is 2.88. The average Bonchev–Trinajstić information content (AvgIpc) is 2.58. The number of carbonyl (C=O) groups is 1. The normalized spacial score (nSPS) is 19.3. The summed E-state index contributed by atoms with van der Waals surface area (Å²) in [6.07, 6.45) is -3.56. The Morgan fingerprint density at radius 1 is 1.22 bits per heavy atom. The molecule has 1 atom stereocenters. The molecule has 1 aliphatic rings. The Labute approximate surface area is 135 Å². The van der Waals surface area contributed by atoms with Gasteiger partial charge in [0.05, 0.1) is 12.6 Å². The van der Waals surface area contributed by atoms with Crippen molar-refractivity contribution < 1.29 is 23.1 Å². The summed E-state index contributed by atoms with van der Waals surface area (Å²) in [5.74, 6) is 0. The van der Waals surface area contributed by atoms with Gasteiger partial charge in [0.1, 0.15) is 0 Å². The molecule has 0 spiro atoms. The monoisotopic (exact) mass is 339 g/mol. The van der Waals surface area contributed by atoms with Gasteiger partial charge in [-0.2, -0.15) is 13.2 Å². The van der Waals surface area contributed by atoms with Crippen LogP contribution in [-0.4, -0.2) is 72.5 Å². The van der Waals surface area contributed by atoms with E-state index in [1.54, 1.807) is 11.8 Å². The van der Waals surface area contributed by atoms with Crippen molar-refractivity contribution in [3.05, 3.63) is 0 Å². The van der Waals surface area contributed by atoms with Crippen LogP contribution in [-0.2, 0) is 0 Å². The standard InChI is InChI=1S/C15H28F3N3O2/c1-12(22)9-14(2,3)10-19-13(23)21-6-4-5-20(7-8-21)11-15(16,17)18/h12,22H,4-11H2,1-3H3,(H,19,23). The molecule has 0 saturated carbocycles. The van der Waals surface area contributed by atoms with E-state index >= 15 is 0 Å². The molecule has 0 aromatic carbocycles. The number of nitrogens with one attached hydrogen (secondary N) is 1. The lowest BCUT2D eigenvalue weighted by Crippen LogP contribution is -2.45. The number of halogens is 3. The summed E-state index contributed by atoms with van der Waals surface area (Å²) in [4.78, 5) is 15.1. The molecule has 1 aliphatic heterocycles. The average molecular weight is 339 g/mol. The highest BCUT2D eigenvalue weighted by molar-refractivity contribution is 5.74. The van der Waals surface area contributed by atoms with Crippen LogP contribution in [0.4, 0.5) is 18.0 Å². The highest BCUT2D eigenvalue weighted by Gasteiger charge is 2.32. The van der Waals surface area contributed by atoms with Crippen LogP contribution in [0.15, 0.2) is 0 Å². The first kappa shape index (κ1) is 20.0. The Bertz CT molecular complexity index is 387. The number of alkyl halides is 3. The van der Waals surface area contributed by atoms with Gasteiger partial charge in [0.15, 0.2) is 0 Å². The SMILES string of the molecule is CC(O)CC(C)(C)CNC(=O)N1CCCN(CC(F)(F)F)CC1. The third-order valence-corrected chi connectivity index (χ3v) is 3.84. The summed E-state index contributed by atoms with van der Waals surface area (Å²) >= 11 is 0. The number of urea groups is 1. The molecule has 1 heterocycles. The quantitative estimate of drug-likeness (QED) is 0.806. The molecule has 0 aliphatic carbocycles. The van der Waals surface area contributed by atoms with Gasteiger partial charge < -0.3 is 15.3 Å². The first-order chi connectivity index (χ1) is 10.5. The summed E-state index contributed by atoms with van der Waals surface area (Å²) in [5.41, 5.74) is -0.238. The van der Waals surface area contributed by atoms with Gasteiger partial charge in [-0.3, -0.25) is 4.90 Å². The zero-order chi connectivity index (χ0) is 17.7. The largest absolute Gasteiger partial charge is 0.401 e. The van der Waals surface area contributed by atoms with Crippen LogP contribution >= 0.6 is 0 Å². The van der Waals surface area contributed by atoms with Gasteiger partial charge in [-0.1, -0.05) is 13.8 Å². The second kappa shape index (κ2) is 8.19. The second-order valence-electron chi connectivity index (χ2n) is 7.11. The number of hydrogen-bond donors (Lipinski definition) is 2. The Morgan fingerprint density at radius 2 is 1.87 bits per heavy atom. The molecular formula is C15H28F3N3O2. The molecule has 136 valence electrons. The molecule has 1 fully saturated rings. The molecule has 0 aromatic heterocycles. The Hall–Kier alpha value is -1.02. The van der Waals surface area contributed by atoms with Crippen molar-refractivity contribution in [2.24, 2.45) is 5.41 Å². The number of aliphatic hydroxyl groups is 1. The highest BCUT2D eigenvalue weighted by atomic mass is 19.4. The van der Waals surface area contributed by atoms with Gasteiger partial charge >= 0.3 is 12.2 Å². The fourth-order valence-corrected chi connectivity index (χ4v) is 2.88. The van der Waals surface area contributed by atoms with Crippen molar-refractivity contribution in [2.45, 2.75) is 45.9 Å². The predicted molar refractivity (Wildman–Crippen MR) is 82.2 cm³/mol. The van der Waals surface area contributed by atoms with Crippen LogP contribution in [0.1, 0.15) is 33.6 Å². The molecule has 0 bridgehead atoms. The molecular weight excluding hydrogens is 311 g/mol.